The molecular formula is C30H22ClFN6O3S. The van der Waals surface area contributed by atoms with E-state index < -0.39 is 17.4 Å². The smallest absolute Gasteiger partial charge is 0.325 e. The van der Waals surface area contributed by atoms with Gasteiger partial charge in [-0.3, -0.25) is 5.32 Å². The van der Waals surface area contributed by atoms with E-state index in [4.69, 9.17) is 21.0 Å². The summed E-state index contributed by atoms with van der Waals surface area (Å²) in [5.74, 6) is -0.0989. The van der Waals surface area contributed by atoms with Crippen molar-refractivity contribution in [3.8, 4) is 17.2 Å². The lowest BCUT2D eigenvalue weighted by Crippen LogP contribution is -2.27. The second kappa shape index (κ2) is 9.68. The lowest BCUT2D eigenvalue weighted by atomic mass is 9.83. The lowest BCUT2D eigenvalue weighted by molar-refractivity contribution is 0.262. The van der Waals surface area contributed by atoms with E-state index in [-0.39, 0.29) is 10.9 Å². The maximum absolute atomic E-state index is 13.5. The van der Waals surface area contributed by atoms with E-state index >= 15 is 0 Å². The number of hydrogen-bond acceptors (Lipinski definition) is 8. The molecule has 0 radical (unpaired) electrons. The number of pyridine rings is 1. The third kappa shape index (κ3) is 4.47. The first-order valence-electron chi connectivity index (χ1n) is 13.0. The Morgan fingerprint density at radius 2 is 1.86 bits per heavy atom. The summed E-state index contributed by atoms with van der Waals surface area (Å²) in [6, 6.07) is 18.3. The van der Waals surface area contributed by atoms with Crippen molar-refractivity contribution in [2.24, 2.45) is 0 Å². The molecule has 12 heteroatoms. The van der Waals surface area contributed by atoms with E-state index in [0.29, 0.717) is 56.0 Å². The molecule has 9 nitrogen and oxygen atoms in total. The first-order chi connectivity index (χ1) is 20.2. The maximum Gasteiger partial charge on any atom is 0.325 e. The molecule has 0 aliphatic carbocycles. The summed E-state index contributed by atoms with van der Waals surface area (Å²) in [6.07, 6.45) is 0. The van der Waals surface area contributed by atoms with Gasteiger partial charge in [-0.1, -0.05) is 48.9 Å². The van der Waals surface area contributed by atoms with Crippen LogP contribution in [-0.4, -0.2) is 32.6 Å². The molecule has 6 aromatic rings. The van der Waals surface area contributed by atoms with Crippen LogP contribution in [0.2, 0.25) is 5.02 Å². The maximum atomic E-state index is 13.5. The first-order valence-corrected chi connectivity index (χ1v) is 14.2. The number of nitrogens with zero attached hydrogens (tertiary/aromatic N) is 4. The molecule has 0 bridgehead atoms. The van der Waals surface area contributed by atoms with Crippen LogP contribution < -0.4 is 15.5 Å². The van der Waals surface area contributed by atoms with Crippen molar-refractivity contribution in [3.63, 3.8) is 0 Å². The zero-order chi connectivity index (χ0) is 29.2. The van der Waals surface area contributed by atoms with Gasteiger partial charge in [0.05, 0.1) is 17.1 Å². The number of aromatic hydroxyl groups is 1. The third-order valence-electron chi connectivity index (χ3n) is 7.12. The third-order valence-corrected chi connectivity index (χ3v) is 8.24. The Kier molecular flexibility index (Phi) is 6.03. The summed E-state index contributed by atoms with van der Waals surface area (Å²) in [6.45, 7) is 4.68. The zero-order valence-corrected chi connectivity index (χ0v) is 23.8. The van der Waals surface area contributed by atoms with E-state index in [2.05, 4.69) is 34.4 Å². The topological polar surface area (TPSA) is 116 Å². The van der Waals surface area contributed by atoms with E-state index in [1.807, 2.05) is 29.2 Å². The van der Waals surface area contributed by atoms with E-state index in [1.165, 1.54) is 12.1 Å². The summed E-state index contributed by atoms with van der Waals surface area (Å²) in [4.78, 5) is 28.2. The van der Waals surface area contributed by atoms with Crippen LogP contribution in [0.3, 0.4) is 0 Å². The molecule has 0 fully saturated rings. The van der Waals surface area contributed by atoms with Crippen molar-refractivity contribution in [3.05, 3.63) is 83.3 Å². The van der Waals surface area contributed by atoms with Crippen LogP contribution >= 0.6 is 22.9 Å². The number of halogens is 2. The minimum atomic E-state index is -0.614. The fourth-order valence-corrected chi connectivity index (χ4v) is 6.39. The highest BCUT2D eigenvalue weighted by Gasteiger charge is 2.41. The van der Waals surface area contributed by atoms with Gasteiger partial charge < -0.3 is 19.7 Å². The summed E-state index contributed by atoms with van der Waals surface area (Å²) in [5, 5.41) is 17.6. The van der Waals surface area contributed by atoms with Gasteiger partial charge in [-0.05, 0) is 54.1 Å². The molecule has 0 unspecified atom stereocenters. The predicted octanol–water partition coefficient (Wildman–Crippen LogP) is 8.07. The Balaban J connectivity index is 1.24. The van der Waals surface area contributed by atoms with Crippen LogP contribution in [0.25, 0.3) is 32.9 Å². The number of phenolic OH excluding ortho intramolecular Hbond substituents is 1. The molecule has 0 saturated carbocycles. The van der Waals surface area contributed by atoms with Crippen molar-refractivity contribution < 1.29 is 18.7 Å². The molecule has 210 valence electrons. The average molecular weight is 601 g/mol. The molecule has 4 heterocycles. The molecule has 3 N–H and O–H groups in total. The molecule has 42 heavy (non-hydrogen) atoms. The number of urea groups is 1. The molecule has 1 aliphatic heterocycles. The molecule has 2 amide bonds. The van der Waals surface area contributed by atoms with Crippen LogP contribution in [0.4, 0.5) is 31.4 Å². The van der Waals surface area contributed by atoms with Gasteiger partial charge in [-0.15, -0.1) is 0 Å². The molecule has 0 saturated heterocycles. The van der Waals surface area contributed by atoms with E-state index in [9.17, 15) is 14.3 Å². The van der Waals surface area contributed by atoms with Gasteiger partial charge in [0.2, 0.25) is 11.8 Å². The molecule has 0 spiro atoms. The summed E-state index contributed by atoms with van der Waals surface area (Å²) in [5.41, 5.74) is 4.74. The average Bonchev–Trinajstić information content (AvgIpc) is 3.62. The van der Waals surface area contributed by atoms with Crippen molar-refractivity contribution in [2.45, 2.75) is 19.3 Å². The monoisotopic (exact) mass is 600 g/mol. The number of para-hydroxylation sites is 2. The highest BCUT2D eigenvalue weighted by molar-refractivity contribution is 7.21. The lowest BCUT2D eigenvalue weighted by Gasteiger charge is -2.25. The number of aromatic nitrogens is 3. The van der Waals surface area contributed by atoms with Gasteiger partial charge in [-0.2, -0.15) is 4.39 Å². The predicted molar refractivity (Wildman–Crippen MR) is 163 cm³/mol. The molecule has 3 aromatic heterocycles. The Morgan fingerprint density at radius 3 is 2.71 bits per heavy atom. The second-order valence-corrected chi connectivity index (χ2v) is 11.9. The number of carbonyl (C=O) groups is 1. The SMILES string of the molecule is CC1(C)CN(c2ccccc2NC(=O)Nc2nc3ccc(F)nc3s2)c2c(O)ccc(-c3nc4ccc(Cl)cc4o3)c21. The summed E-state index contributed by atoms with van der Waals surface area (Å²) in [7, 11) is 0. The number of anilines is 4. The highest BCUT2D eigenvalue weighted by atomic mass is 35.5. The van der Waals surface area contributed by atoms with Gasteiger partial charge in [-0.25, -0.2) is 19.7 Å². The van der Waals surface area contributed by atoms with Crippen LogP contribution in [0.1, 0.15) is 19.4 Å². The number of fused-ring (bicyclic) bond motifs is 3. The van der Waals surface area contributed by atoms with Crippen LogP contribution in [0, 0.1) is 5.95 Å². The number of thiazole rings is 1. The molecule has 1 aliphatic rings. The molecule has 7 rings (SSSR count). The van der Waals surface area contributed by atoms with Gasteiger partial charge in [0, 0.05) is 28.6 Å². The summed E-state index contributed by atoms with van der Waals surface area (Å²) < 4.78 is 19.6. The fraction of sp³-hybridized carbons (Fsp3) is 0.133. The Hall–Kier alpha value is -4.74. The van der Waals surface area contributed by atoms with Crippen molar-refractivity contribution >= 4 is 72.6 Å². The first kappa shape index (κ1) is 26.2. The van der Waals surface area contributed by atoms with Gasteiger partial charge in [0.1, 0.15) is 21.6 Å². The fourth-order valence-electron chi connectivity index (χ4n) is 5.40. The number of carbonyl (C=O) groups excluding carboxylic acids is 1. The standard InChI is InChI=1S/C30H22ClFN6O3S/c1-30(2)14-38(25-21(39)11-8-16(24(25)30)26-33-18-9-7-15(31)13-22(18)41-26)20-6-4-3-5-17(20)34-28(40)37-29-35-19-10-12-23(32)36-27(19)42-29/h3-13,39H,14H2,1-2H3,(H2,34,35,37,40). The minimum Gasteiger partial charge on any atom is -0.506 e. The number of nitrogens with one attached hydrogen (secondary N) is 2. The highest BCUT2D eigenvalue weighted by Crippen LogP contribution is 2.53. The minimum absolute atomic E-state index is 0.0898. The van der Waals surface area contributed by atoms with Crippen molar-refractivity contribution in [1.82, 2.24) is 15.0 Å². The van der Waals surface area contributed by atoms with Crippen LogP contribution in [0.15, 0.2) is 71.1 Å². The molecule has 0 atom stereocenters. The zero-order valence-electron chi connectivity index (χ0n) is 22.3. The van der Waals surface area contributed by atoms with Crippen LogP contribution in [-0.2, 0) is 5.41 Å². The Morgan fingerprint density at radius 1 is 1.05 bits per heavy atom. The van der Waals surface area contributed by atoms with Gasteiger partial charge in [0.15, 0.2) is 10.7 Å². The number of benzene rings is 3. The number of hydrogen-bond donors (Lipinski definition) is 3. The Labute approximate surface area is 247 Å². The molecule has 3 aromatic carbocycles. The van der Waals surface area contributed by atoms with Crippen molar-refractivity contribution in [1.29, 1.82) is 0 Å². The van der Waals surface area contributed by atoms with E-state index in [1.54, 1.807) is 30.3 Å². The second-order valence-electron chi connectivity index (χ2n) is 10.5. The largest absolute Gasteiger partial charge is 0.506 e. The number of oxazole rings is 1. The van der Waals surface area contributed by atoms with E-state index in [0.717, 1.165) is 22.5 Å². The van der Waals surface area contributed by atoms with Gasteiger partial charge >= 0.3 is 6.03 Å². The number of rotatable bonds is 4. The summed E-state index contributed by atoms with van der Waals surface area (Å²) >= 11 is 7.23. The van der Waals surface area contributed by atoms with Crippen molar-refractivity contribution in [2.75, 3.05) is 22.1 Å². The quantitative estimate of drug-likeness (QED) is 0.175. The van der Waals surface area contributed by atoms with Gasteiger partial charge in [0.25, 0.3) is 0 Å². The van der Waals surface area contributed by atoms with Crippen LogP contribution in [0.5, 0.6) is 5.75 Å². The molecular weight excluding hydrogens is 579 g/mol. The number of phenols is 1. The Bertz CT molecular complexity index is 2040. The number of amides is 2. The normalized spacial score (nSPS) is 14.0.